The van der Waals surface area contributed by atoms with E-state index in [1.165, 1.54) is 4.90 Å². The average molecular weight is 265 g/mol. The topological polar surface area (TPSA) is 29.5 Å². The van der Waals surface area contributed by atoms with Gasteiger partial charge < -0.3 is 9.53 Å². The Morgan fingerprint density at radius 2 is 1.89 bits per heavy atom. The van der Waals surface area contributed by atoms with Gasteiger partial charge in [0.15, 0.2) is 0 Å². The molecule has 0 aliphatic carbocycles. The van der Waals surface area contributed by atoms with Crippen LogP contribution in [-0.4, -0.2) is 43.7 Å². The fraction of sp³-hybridized carbons (Fsp3) is 0.500. The zero-order chi connectivity index (χ0) is 13.0. The zero-order valence-corrected chi connectivity index (χ0v) is 11.7. The van der Waals surface area contributed by atoms with E-state index in [1.54, 1.807) is 11.8 Å². The molecule has 18 heavy (non-hydrogen) atoms. The number of rotatable bonds is 4. The number of carbonyl (C=O) groups excluding carboxylic acids is 1. The van der Waals surface area contributed by atoms with Crippen LogP contribution in [0.25, 0.3) is 0 Å². The average Bonchev–Trinajstić information content (AvgIpc) is 2.47. The summed E-state index contributed by atoms with van der Waals surface area (Å²) in [6.07, 6.45) is 3.10. The van der Waals surface area contributed by atoms with Gasteiger partial charge in [-0.1, -0.05) is 12.1 Å². The predicted molar refractivity (Wildman–Crippen MR) is 74.0 cm³/mol. The summed E-state index contributed by atoms with van der Waals surface area (Å²) < 4.78 is 5.35. The third-order valence-electron chi connectivity index (χ3n) is 3.57. The molecule has 1 aromatic carbocycles. The molecule has 1 aliphatic rings. The molecular weight excluding hydrogens is 246 g/mol. The van der Waals surface area contributed by atoms with Gasteiger partial charge in [-0.2, -0.15) is 0 Å². The van der Waals surface area contributed by atoms with Crippen LogP contribution < -0.4 is 0 Å². The maximum absolute atomic E-state index is 11.6. The van der Waals surface area contributed by atoms with Crippen molar-refractivity contribution in [2.45, 2.75) is 17.4 Å². The Bertz CT molecular complexity index is 401. The summed E-state index contributed by atoms with van der Waals surface area (Å²) in [5.41, 5.74) is 0.512. The molecule has 1 aliphatic heterocycles. The maximum Gasteiger partial charge on any atom is 0.144 e. The number of nitrogens with zero attached hydrogens (tertiary/aromatic N) is 1. The molecule has 0 N–H and O–H groups in total. The van der Waals surface area contributed by atoms with E-state index in [2.05, 4.69) is 35.4 Å². The minimum absolute atomic E-state index is 0.541. The second kappa shape index (κ2) is 5.87. The molecule has 1 aromatic rings. The largest absolute Gasteiger partial charge is 0.379 e. The van der Waals surface area contributed by atoms with Crippen LogP contribution in [0.15, 0.2) is 29.2 Å². The number of carbonyl (C=O) groups is 1. The van der Waals surface area contributed by atoms with Crippen molar-refractivity contribution in [3.05, 3.63) is 29.8 Å². The van der Waals surface area contributed by atoms with Gasteiger partial charge in [0.05, 0.1) is 18.8 Å². The Morgan fingerprint density at radius 1 is 1.28 bits per heavy atom. The van der Waals surface area contributed by atoms with Crippen molar-refractivity contribution < 1.29 is 9.53 Å². The van der Waals surface area contributed by atoms with Crippen LogP contribution >= 0.6 is 11.8 Å². The molecule has 98 valence electrons. The van der Waals surface area contributed by atoms with E-state index >= 15 is 0 Å². The molecule has 0 amide bonds. The molecule has 3 nitrogen and oxygen atoms in total. The van der Waals surface area contributed by atoms with E-state index < -0.39 is 5.54 Å². The molecule has 1 fully saturated rings. The van der Waals surface area contributed by atoms with Crippen LogP contribution in [0.3, 0.4) is 0 Å². The number of hydrogen-bond donors (Lipinski definition) is 0. The lowest BCUT2D eigenvalue weighted by Crippen LogP contribution is -2.50. The molecule has 1 unspecified atom stereocenters. The summed E-state index contributed by atoms with van der Waals surface area (Å²) in [4.78, 5) is 15.0. The Hall–Kier alpha value is -0.840. The van der Waals surface area contributed by atoms with Crippen LogP contribution in [0.1, 0.15) is 12.5 Å². The number of benzene rings is 1. The standard InChI is InChI=1S/C14H19NO2S/c1-14(11-16,15-7-9-17-10-8-15)12-3-5-13(18-2)6-4-12/h3-6,11H,7-10H2,1-2H3. The SMILES string of the molecule is CSc1ccc(C(C)(C=O)N2CCOCC2)cc1. The highest BCUT2D eigenvalue weighted by molar-refractivity contribution is 7.98. The number of ether oxygens (including phenoxy) is 1. The third kappa shape index (κ3) is 2.60. The van der Waals surface area contributed by atoms with Gasteiger partial charge >= 0.3 is 0 Å². The van der Waals surface area contributed by atoms with Crippen molar-refractivity contribution >= 4 is 18.0 Å². The van der Waals surface area contributed by atoms with E-state index in [9.17, 15) is 4.79 Å². The van der Waals surface area contributed by atoms with E-state index in [4.69, 9.17) is 4.74 Å². The molecule has 1 atom stereocenters. The fourth-order valence-corrected chi connectivity index (χ4v) is 2.69. The highest BCUT2D eigenvalue weighted by Gasteiger charge is 2.34. The van der Waals surface area contributed by atoms with Gasteiger partial charge in [-0.3, -0.25) is 4.90 Å². The molecule has 2 rings (SSSR count). The first-order chi connectivity index (χ1) is 8.70. The molecule has 4 heteroatoms. The summed E-state index contributed by atoms with van der Waals surface area (Å²) in [6, 6.07) is 8.25. The molecule has 0 spiro atoms. The van der Waals surface area contributed by atoms with Crippen molar-refractivity contribution in [2.75, 3.05) is 32.6 Å². The summed E-state index contributed by atoms with van der Waals surface area (Å²) in [5, 5.41) is 0. The Labute approximate surface area is 113 Å². The lowest BCUT2D eigenvalue weighted by molar-refractivity contribution is -0.121. The van der Waals surface area contributed by atoms with Crippen molar-refractivity contribution in [1.82, 2.24) is 4.90 Å². The highest BCUT2D eigenvalue weighted by atomic mass is 32.2. The molecule has 0 saturated carbocycles. The molecule has 0 aromatic heterocycles. The number of hydrogen-bond acceptors (Lipinski definition) is 4. The van der Waals surface area contributed by atoms with Crippen LogP contribution in [0.4, 0.5) is 0 Å². The number of thioether (sulfide) groups is 1. The van der Waals surface area contributed by atoms with E-state index in [0.29, 0.717) is 13.2 Å². The fourth-order valence-electron chi connectivity index (χ4n) is 2.28. The highest BCUT2D eigenvalue weighted by Crippen LogP contribution is 2.28. The van der Waals surface area contributed by atoms with Crippen LogP contribution in [0, 0.1) is 0 Å². The van der Waals surface area contributed by atoms with Gasteiger partial charge in [0.1, 0.15) is 6.29 Å². The van der Waals surface area contributed by atoms with Gasteiger partial charge in [0.25, 0.3) is 0 Å². The molecule has 1 heterocycles. The minimum atomic E-state index is -0.541. The Kier molecular flexibility index (Phi) is 4.43. The van der Waals surface area contributed by atoms with E-state index in [0.717, 1.165) is 24.9 Å². The van der Waals surface area contributed by atoms with Gasteiger partial charge in [-0.05, 0) is 30.9 Å². The predicted octanol–water partition coefficient (Wildman–Crippen LogP) is 2.15. The van der Waals surface area contributed by atoms with E-state index in [-0.39, 0.29) is 0 Å². The van der Waals surface area contributed by atoms with Crippen molar-refractivity contribution in [3.63, 3.8) is 0 Å². The van der Waals surface area contributed by atoms with Crippen LogP contribution in [-0.2, 0) is 15.1 Å². The maximum atomic E-state index is 11.6. The van der Waals surface area contributed by atoms with Crippen molar-refractivity contribution in [3.8, 4) is 0 Å². The first-order valence-electron chi connectivity index (χ1n) is 6.14. The van der Waals surface area contributed by atoms with E-state index in [1.807, 2.05) is 6.92 Å². The Balaban J connectivity index is 2.26. The number of morpholine rings is 1. The van der Waals surface area contributed by atoms with Gasteiger partial charge in [0, 0.05) is 18.0 Å². The van der Waals surface area contributed by atoms with Crippen LogP contribution in [0.5, 0.6) is 0 Å². The normalized spacial score (nSPS) is 20.3. The smallest absolute Gasteiger partial charge is 0.144 e. The second-order valence-electron chi connectivity index (χ2n) is 4.59. The summed E-state index contributed by atoms with van der Waals surface area (Å²) in [6.45, 7) is 5.00. The zero-order valence-electron chi connectivity index (χ0n) is 10.9. The summed E-state index contributed by atoms with van der Waals surface area (Å²) >= 11 is 1.71. The quantitative estimate of drug-likeness (QED) is 0.616. The summed E-state index contributed by atoms with van der Waals surface area (Å²) in [5.74, 6) is 0. The number of aldehydes is 1. The lowest BCUT2D eigenvalue weighted by Gasteiger charge is -2.39. The molecule has 0 radical (unpaired) electrons. The minimum Gasteiger partial charge on any atom is -0.379 e. The first kappa shape index (κ1) is 13.6. The monoisotopic (exact) mass is 265 g/mol. The van der Waals surface area contributed by atoms with Gasteiger partial charge in [-0.15, -0.1) is 11.8 Å². The van der Waals surface area contributed by atoms with Gasteiger partial charge in [0.2, 0.25) is 0 Å². The van der Waals surface area contributed by atoms with Crippen molar-refractivity contribution in [2.24, 2.45) is 0 Å². The Morgan fingerprint density at radius 3 is 2.39 bits per heavy atom. The molecular formula is C14H19NO2S. The molecule has 0 bridgehead atoms. The lowest BCUT2D eigenvalue weighted by atomic mass is 9.91. The molecule has 1 saturated heterocycles. The van der Waals surface area contributed by atoms with Crippen molar-refractivity contribution in [1.29, 1.82) is 0 Å². The first-order valence-corrected chi connectivity index (χ1v) is 7.37. The third-order valence-corrected chi connectivity index (χ3v) is 4.32. The summed E-state index contributed by atoms with van der Waals surface area (Å²) in [7, 11) is 0. The second-order valence-corrected chi connectivity index (χ2v) is 5.47. The van der Waals surface area contributed by atoms with Gasteiger partial charge in [-0.25, -0.2) is 0 Å². The van der Waals surface area contributed by atoms with Crippen LogP contribution in [0.2, 0.25) is 0 Å².